The van der Waals surface area contributed by atoms with Crippen molar-refractivity contribution in [1.82, 2.24) is 14.5 Å². The van der Waals surface area contributed by atoms with Gasteiger partial charge in [0.05, 0.1) is 18.7 Å². The van der Waals surface area contributed by atoms with E-state index in [1.54, 1.807) is 18.3 Å². The van der Waals surface area contributed by atoms with Gasteiger partial charge in [-0.3, -0.25) is 9.78 Å². The minimum atomic E-state index is -0.246. The van der Waals surface area contributed by atoms with Crippen LogP contribution in [0, 0.1) is 4.77 Å². The van der Waals surface area contributed by atoms with Crippen LogP contribution in [0.25, 0.3) is 16.8 Å². The van der Waals surface area contributed by atoms with Crippen LogP contribution >= 0.6 is 23.8 Å². The molecule has 0 spiro atoms. The molecular formula is C19H20ClN3O3S. The molecule has 0 atom stereocenters. The number of nitrogens with zero attached hydrogens (tertiary/aromatic N) is 1. The summed E-state index contributed by atoms with van der Waals surface area (Å²) >= 11 is 11.5. The van der Waals surface area contributed by atoms with Crippen LogP contribution in [0.5, 0.6) is 0 Å². The zero-order valence-electron chi connectivity index (χ0n) is 14.6. The number of aliphatic hydroxyl groups excluding tert-OH is 1. The maximum Gasteiger partial charge on any atom is 0.276 e. The highest BCUT2D eigenvalue weighted by atomic mass is 35.5. The molecule has 3 aromatic rings. The van der Waals surface area contributed by atoms with Gasteiger partial charge in [-0.15, -0.1) is 0 Å². The first-order chi connectivity index (χ1) is 13.0. The van der Waals surface area contributed by atoms with Crippen LogP contribution in [0.1, 0.15) is 24.0 Å². The van der Waals surface area contributed by atoms with Gasteiger partial charge in [-0.05, 0) is 48.8 Å². The van der Waals surface area contributed by atoms with Gasteiger partial charge in [-0.2, -0.15) is 0 Å². The highest BCUT2D eigenvalue weighted by molar-refractivity contribution is 7.71. The number of unbranched alkanes of at least 4 members (excludes halogenated alkanes) is 1. The highest BCUT2D eigenvalue weighted by Gasteiger charge is 2.12. The van der Waals surface area contributed by atoms with Gasteiger partial charge >= 0.3 is 0 Å². The van der Waals surface area contributed by atoms with E-state index in [1.165, 1.54) is 0 Å². The summed E-state index contributed by atoms with van der Waals surface area (Å²) in [7, 11) is 0. The van der Waals surface area contributed by atoms with Crippen molar-refractivity contribution in [3.8, 4) is 0 Å². The first-order valence-corrected chi connectivity index (χ1v) is 9.31. The third-order valence-corrected chi connectivity index (χ3v) is 4.80. The minimum absolute atomic E-state index is 0.134. The fourth-order valence-electron chi connectivity index (χ4n) is 2.86. The fraction of sp³-hybridized carbons (Fsp3) is 0.263. The van der Waals surface area contributed by atoms with Crippen LogP contribution in [-0.4, -0.2) is 32.9 Å². The zero-order chi connectivity index (χ0) is 19.4. The Labute approximate surface area is 166 Å². The Morgan fingerprint density at radius 3 is 2.93 bits per heavy atom. The molecule has 0 aliphatic heterocycles. The van der Waals surface area contributed by atoms with Crippen molar-refractivity contribution >= 4 is 40.6 Å². The molecule has 3 N–H and O–H groups in total. The van der Waals surface area contributed by atoms with Crippen LogP contribution in [-0.2, 0) is 11.3 Å². The molecule has 2 heterocycles. The van der Waals surface area contributed by atoms with E-state index >= 15 is 0 Å². The van der Waals surface area contributed by atoms with Crippen molar-refractivity contribution in [3.63, 3.8) is 0 Å². The summed E-state index contributed by atoms with van der Waals surface area (Å²) < 4.78 is 7.90. The zero-order valence-corrected chi connectivity index (χ0v) is 16.2. The van der Waals surface area contributed by atoms with Gasteiger partial charge < -0.3 is 19.4 Å². The lowest BCUT2D eigenvalue weighted by atomic mass is 10.1. The summed E-state index contributed by atoms with van der Waals surface area (Å²) in [6.07, 6.45) is 3.12. The van der Waals surface area contributed by atoms with Crippen LogP contribution in [0.2, 0.25) is 5.02 Å². The number of halogens is 1. The SMILES string of the molecule is C=C(OCCCCO)c1cc(Cl)ccc1Cn1c(=S)[nH]c(=O)c2[nH]ccc21. The molecule has 142 valence electrons. The summed E-state index contributed by atoms with van der Waals surface area (Å²) in [5, 5.41) is 9.45. The van der Waals surface area contributed by atoms with Crippen molar-refractivity contribution in [1.29, 1.82) is 0 Å². The Morgan fingerprint density at radius 2 is 2.15 bits per heavy atom. The fourth-order valence-corrected chi connectivity index (χ4v) is 3.29. The molecule has 0 unspecified atom stereocenters. The normalized spacial score (nSPS) is 11.0. The lowest BCUT2D eigenvalue weighted by Gasteiger charge is -2.16. The number of ether oxygens (including phenoxy) is 1. The molecule has 0 bridgehead atoms. The molecular weight excluding hydrogens is 386 g/mol. The van der Waals surface area contributed by atoms with Gasteiger partial charge in [0.25, 0.3) is 5.56 Å². The number of benzene rings is 1. The van der Waals surface area contributed by atoms with Crippen LogP contribution in [0.15, 0.2) is 41.8 Å². The average molecular weight is 406 g/mol. The topological polar surface area (TPSA) is 83.0 Å². The Bertz CT molecular complexity index is 1080. The van der Waals surface area contributed by atoms with E-state index in [-0.39, 0.29) is 12.2 Å². The predicted molar refractivity (Wildman–Crippen MR) is 110 cm³/mol. The summed E-state index contributed by atoms with van der Waals surface area (Å²) in [4.78, 5) is 17.6. The third-order valence-electron chi connectivity index (χ3n) is 4.24. The van der Waals surface area contributed by atoms with Crippen molar-refractivity contribution in [2.75, 3.05) is 13.2 Å². The molecule has 0 saturated carbocycles. The first-order valence-electron chi connectivity index (χ1n) is 8.53. The maximum absolute atomic E-state index is 12.0. The van der Waals surface area contributed by atoms with Crippen LogP contribution < -0.4 is 5.56 Å². The van der Waals surface area contributed by atoms with Crippen molar-refractivity contribution in [3.05, 3.63) is 68.3 Å². The van der Waals surface area contributed by atoms with Crippen LogP contribution in [0.4, 0.5) is 0 Å². The van der Waals surface area contributed by atoms with E-state index < -0.39 is 0 Å². The predicted octanol–water partition coefficient (Wildman–Crippen LogP) is 3.85. The number of aromatic nitrogens is 3. The number of nitrogens with one attached hydrogen (secondary N) is 2. The number of H-pyrrole nitrogens is 2. The van der Waals surface area contributed by atoms with Crippen molar-refractivity contribution in [2.45, 2.75) is 19.4 Å². The molecule has 0 fully saturated rings. The minimum Gasteiger partial charge on any atom is -0.494 e. The Morgan fingerprint density at radius 1 is 1.33 bits per heavy atom. The number of fused-ring (bicyclic) bond motifs is 1. The van der Waals surface area contributed by atoms with Gasteiger partial charge in [0.1, 0.15) is 11.3 Å². The second kappa shape index (κ2) is 8.56. The van der Waals surface area contributed by atoms with Gasteiger partial charge in [-0.1, -0.05) is 24.2 Å². The van der Waals surface area contributed by atoms with E-state index in [1.807, 2.05) is 16.7 Å². The smallest absolute Gasteiger partial charge is 0.276 e. The molecule has 0 aliphatic carbocycles. The van der Waals surface area contributed by atoms with Gasteiger partial charge in [0, 0.05) is 23.4 Å². The lowest BCUT2D eigenvalue weighted by molar-refractivity contribution is 0.235. The van der Waals surface area contributed by atoms with E-state index in [2.05, 4.69) is 16.5 Å². The molecule has 2 aromatic heterocycles. The number of rotatable bonds is 8. The molecule has 0 saturated heterocycles. The van der Waals surface area contributed by atoms with E-state index in [9.17, 15) is 4.79 Å². The van der Waals surface area contributed by atoms with Gasteiger partial charge in [-0.25, -0.2) is 0 Å². The van der Waals surface area contributed by atoms with Gasteiger partial charge in [0.2, 0.25) is 0 Å². The second-order valence-corrected chi connectivity index (χ2v) is 6.91. The van der Waals surface area contributed by atoms with Crippen molar-refractivity contribution in [2.24, 2.45) is 0 Å². The van der Waals surface area contributed by atoms with E-state index in [0.717, 1.165) is 23.1 Å². The molecule has 1 aromatic carbocycles. The summed E-state index contributed by atoms with van der Waals surface area (Å²) in [6, 6.07) is 7.30. The molecule has 8 heteroatoms. The summed E-state index contributed by atoms with van der Waals surface area (Å²) in [5.74, 6) is 0.506. The first kappa shape index (κ1) is 19.4. The molecule has 3 rings (SSSR count). The largest absolute Gasteiger partial charge is 0.494 e. The molecule has 27 heavy (non-hydrogen) atoms. The number of hydrogen-bond acceptors (Lipinski definition) is 4. The van der Waals surface area contributed by atoms with E-state index in [0.29, 0.717) is 40.6 Å². The molecule has 6 nitrogen and oxygen atoms in total. The van der Waals surface area contributed by atoms with Crippen LogP contribution in [0.3, 0.4) is 0 Å². The Kier molecular flexibility index (Phi) is 6.15. The highest BCUT2D eigenvalue weighted by Crippen LogP contribution is 2.25. The number of hydrogen-bond donors (Lipinski definition) is 3. The second-order valence-electron chi connectivity index (χ2n) is 6.09. The third kappa shape index (κ3) is 4.32. The van der Waals surface area contributed by atoms with Crippen molar-refractivity contribution < 1.29 is 9.84 Å². The van der Waals surface area contributed by atoms with Gasteiger partial charge in [0.15, 0.2) is 4.77 Å². The Hall–Kier alpha value is -2.35. The number of aromatic amines is 2. The molecule has 0 aliphatic rings. The maximum atomic E-state index is 12.0. The standard InChI is InChI=1S/C19H20ClN3O3S/c1-12(26-9-3-2-8-24)15-10-14(20)5-4-13(15)11-23-16-6-7-21-17(16)18(25)22-19(23)27/h4-7,10,21,24H,1-3,8-9,11H2,(H,22,25,27). The average Bonchev–Trinajstić information content (AvgIpc) is 3.13. The Balaban J connectivity index is 1.94. The summed E-state index contributed by atoms with van der Waals surface area (Å²) in [5.41, 5.74) is 2.64. The lowest BCUT2D eigenvalue weighted by Crippen LogP contribution is -2.15. The quantitative estimate of drug-likeness (QED) is 0.302. The monoisotopic (exact) mass is 405 g/mol. The molecule has 0 radical (unpaired) electrons. The van der Waals surface area contributed by atoms with E-state index in [4.69, 9.17) is 33.7 Å². The summed E-state index contributed by atoms with van der Waals surface area (Å²) in [6.45, 7) is 5.04. The number of aliphatic hydroxyl groups is 1. The molecule has 0 amide bonds.